The molecule has 1 aliphatic heterocycles. The fourth-order valence-electron chi connectivity index (χ4n) is 5.02. The van der Waals surface area contributed by atoms with E-state index in [-0.39, 0.29) is 0 Å². The van der Waals surface area contributed by atoms with Crippen molar-refractivity contribution in [1.82, 2.24) is 9.55 Å². The summed E-state index contributed by atoms with van der Waals surface area (Å²) in [6.07, 6.45) is 9.33. The Balaban J connectivity index is 1.65. The first-order valence-corrected chi connectivity index (χ1v) is 9.48. The minimum Gasteiger partial charge on any atom is -0.264 e. The second-order valence-corrected chi connectivity index (χ2v) is 7.70. The molecular formula is C24H20N3+. The van der Waals surface area contributed by atoms with Gasteiger partial charge >= 0.3 is 0 Å². The number of aromatic nitrogens is 3. The van der Waals surface area contributed by atoms with Gasteiger partial charge in [-0.1, -0.05) is 24.3 Å². The molecule has 0 spiro atoms. The molecule has 2 aromatic heterocycles. The van der Waals surface area contributed by atoms with Crippen molar-refractivity contribution in [3.05, 3.63) is 89.0 Å². The predicted octanol–water partition coefficient (Wildman–Crippen LogP) is 4.38. The monoisotopic (exact) mass is 350 g/mol. The van der Waals surface area contributed by atoms with E-state index in [0.29, 0.717) is 0 Å². The maximum atomic E-state index is 4.36. The van der Waals surface area contributed by atoms with Gasteiger partial charge in [0.15, 0.2) is 0 Å². The molecule has 0 atom stereocenters. The summed E-state index contributed by atoms with van der Waals surface area (Å²) in [6.45, 7) is 5.42. The van der Waals surface area contributed by atoms with Crippen LogP contribution in [0.3, 0.4) is 0 Å². The number of imidazole rings is 1. The van der Waals surface area contributed by atoms with Gasteiger partial charge in [-0.25, -0.2) is 4.57 Å². The Labute approximate surface area is 158 Å². The summed E-state index contributed by atoms with van der Waals surface area (Å²) >= 11 is 0. The lowest BCUT2D eigenvalue weighted by Crippen LogP contribution is -2.30. The molecule has 0 saturated heterocycles. The summed E-state index contributed by atoms with van der Waals surface area (Å²) in [5.74, 6) is 1.29. The molecule has 0 unspecified atom stereocenters. The van der Waals surface area contributed by atoms with E-state index in [9.17, 15) is 0 Å². The Morgan fingerprint density at radius 3 is 2.81 bits per heavy atom. The van der Waals surface area contributed by atoms with E-state index in [1.54, 1.807) is 0 Å². The molecule has 0 amide bonds. The number of benzene rings is 2. The quantitative estimate of drug-likeness (QED) is 0.403. The topological polar surface area (TPSA) is 21.7 Å². The molecule has 27 heavy (non-hydrogen) atoms. The Bertz CT molecular complexity index is 1250. The van der Waals surface area contributed by atoms with Crippen LogP contribution in [0, 0.1) is 13.8 Å². The Kier molecular flexibility index (Phi) is 2.85. The lowest BCUT2D eigenvalue weighted by molar-refractivity contribution is -0.671. The molecule has 3 heterocycles. The first-order chi connectivity index (χ1) is 13.2. The molecule has 2 aliphatic rings. The van der Waals surface area contributed by atoms with Crippen molar-refractivity contribution in [2.45, 2.75) is 26.8 Å². The van der Waals surface area contributed by atoms with Gasteiger partial charge in [-0.3, -0.25) is 4.98 Å². The van der Waals surface area contributed by atoms with Crippen LogP contribution in [0.25, 0.3) is 28.2 Å². The molecule has 6 rings (SSSR count). The summed E-state index contributed by atoms with van der Waals surface area (Å²) in [4.78, 5) is 4.36. The van der Waals surface area contributed by atoms with E-state index >= 15 is 0 Å². The van der Waals surface area contributed by atoms with E-state index in [4.69, 9.17) is 0 Å². The molecule has 0 bridgehead atoms. The fraction of sp³-hybridized carbons (Fsp3) is 0.167. The minimum absolute atomic E-state index is 0.954. The van der Waals surface area contributed by atoms with Crippen LogP contribution in [0.2, 0.25) is 0 Å². The SMILES string of the molecule is Cc1cc(C)c(-n2cc[n+]3c2-c2ccccc2C3)c2c1-c1ccncc1C2. The molecular weight excluding hydrogens is 330 g/mol. The molecule has 0 N–H and O–H groups in total. The highest BCUT2D eigenvalue weighted by Gasteiger charge is 2.34. The largest absolute Gasteiger partial charge is 0.294 e. The van der Waals surface area contributed by atoms with Crippen molar-refractivity contribution in [2.24, 2.45) is 0 Å². The van der Waals surface area contributed by atoms with Gasteiger partial charge in [0.25, 0.3) is 5.82 Å². The highest BCUT2D eigenvalue weighted by molar-refractivity contribution is 5.83. The maximum absolute atomic E-state index is 4.36. The van der Waals surface area contributed by atoms with Gasteiger partial charge in [0.1, 0.15) is 24.6 Å². The Hall–Kier alpha value is -3.20. The summed E-state index contributed by atoms with van der Waals surface area (Å²) in [6, 6.07) is 13.3. The second-order valence-electron chi connectivity index (χ2n) is 7.70. The van der Waals surface area contributed by atoms with Crippen molar-refractivity contribution in [1.29, 1.82) is 0 Å². The standard InChI is InChI=1S/C24H20N3/c1-15-11-16(2)23(21-12-18-13-25-8-7-19(18)22(15)21)27-10-9-26-14-17-5-3-4-6-20(17)24(26)27/h3-11,13H,12,14H2,1-2H3/q+1. The van der Waals surface area contributed by atoms with Crippen molar-refractivity contribution in [2.75, 3.05) is 0 Å². The van der Waals surface area contributed by atoms with Crippen LogP contribution in [-0.4, -0.2) is 9.55 Å². The zero-order valence-electron chi connectivity index (χ0n) is 15.5. The van der Waals surface area contributed by atoms with Crippen molar-refractivity contribution in [3.63, 3.8) is 0 Å². The first kappa shape index (κ1) is 14.9. The number of rotatable bonds is 1. The number of hydrogen-bond donors (Lipinski definition) is 0. The van der Waals surface area contributed by atoms with Crippen LogP contribution in [0.4, 0.5) is 0 Å². The van der Waals surface area contributed by atoms with Crippen molar-refractivity contribution >= 4 is 0 Å². The van der Waals surface area contributed by atoms with Crippen molar-refractivity contribution < 1.29 is 4.57 Å². The second kappa shape index (κ2) is 5.17. The first-order valence-electron chi connectivity index (χ1n) is 9.48. The highest BCUT2D eigenvalue weighted by Crippen LogP contribution is 2.43. The summed E-state index contributed by atoms with van der Waals surface area (Å²) in [5.41, 5.74) is 12.3. The molecule has 1 aliphatic carbocycles. The number of aryl methyl sites for hydroxylation is 2. The molecule has 0 radical (unpaired) electrons. The van der Waals surface area contributed by atoms with Gasteiger partial charge in [-0.15, -0.1) is 0 Å². The average molecular weight is 350 g/mol. The predicted molar refractivity (Wildman–Crippen MR) is 106 cm³/mol. The maximum Gasteiger partial charge on any atom is 0.294 e. The summed E-state index contributed by atoms with van der Waals surface area (Å²) < 4.78 is 4.76. The van der Waals surface area contributed by atoms with E-state index < -0.39 is 0 Å². The lowest BCUT2D eigenvalue weighted by Gasteiger charge is -2.13. The van der Waals surface area contributed by atoms with E-state index in [0.717, 1.165) is 13.0 Å². The third kappa shape index (κ3) is 1.91. The smallest absolute Gasteiger partial charge is 0.264 e. The van der Waals surface area contributed by atoms with Crippen LogP contribution >= 0.6 is 0 Å². The summed E-state index contributed by atoms with van der Waals surface area (Å²) in [7, 11) is 0. The molecule has 130 valence electrons. The zero-order valence-corrected chi connectivity index (χ0v) is 15.5. The van der Waals surface area contributed by atoms with Gasteiger partial charge in [0.2, 0.25) is 0 Å². The van der Waals surface area contributed by atoms with Crippen LogP contribution in [-0.2, 0) is 13.0 Å². The molecule has 3 nitrogen and oxygen atoms in total. The minimum atomic E-state index is 0.954. The molecule has 0 saturated carbocycles. The fourth-order valence-corrected chi connectivity index (χ4v) is 5.02. The number of fused-ring (bicyclic) bond motifs is 6. The third-order valence-corrected chi connectivity index (χ3v) is 6.06. The van der Waals surface area contributed by atoms with Crippen LogP contribution < -0.4 is 4.57 Å². The zero-order chi connectivity index (χ0) is 18.1. The van der Waals surface area contributed by atoms with E-state index in [1.807, 2.05) is 12.4 Å². The van der Waals surface area contributed by atoms with E-state index in [1.165, 1.54) is 56.0 Å². The Morgan fingerprint density at radius 1 is 1.00 bits per heavy atom. The Morgan fingerprint density at radius 2 is 1.89 bits per heavy atom. The van der Waals surface area contributed by atoms with Crippen LogP contribution in [0.1, 0.15) is 27.8 Å². The van der Waals surface area contributed by atoms with Gasteiger partial charge in [0, 0.05) is 29.9 Å². The van der Waals surface area contributed by atoms with E-state index in [2.05, 4.69) is 76.8 Å². The highest BCUT2D eigenvalue weighted by atomic mass is 15.2. The number of pyridine rings is 1. The summed E-state index contributed by atoms with van der Waals surface area (Å²) in [5, 5.41) is 0. The van der Waals surface area contributed by atoms with Crippen LogP contribution in [0.15, 0.2) is 61.2 Å². The van der Waals surface area contributed by atoms with Gasteiger partial charge in [0.05, 0.1) is 5.56 Å². The number of hydrogen-bond acceptors (Lipinski definition) is 1. The average Bonchev–Trinajstić information content (AvgIpc) is 3.33. The molecule has 2 aromatic carbocycles. The molecule has 0 fully saturated rings. The molecule has 3 heteroatoms. The van der Waals surface area contributed by atoms with Gasteiger partial charge in [-0.05, 0) is 53.8 Å². The molecule has 4 aromatic rings. The normalized spacial score (nSPS) is 13.3. The lowest BCUT2D eigenvalue weighted by atomic mass is 9.96. The van der Waals surface area contributed by atoms with Crippen molar-refractivity contribution in [3.8, 4) is 28.2 Å². The number of nitrogens with zero attached hydrogens (tertiary/aromatic N) is 3. The third-order valence-electron chi connectivity index (χ3n) is 6.06. The van der Waals surface area contributed by atoms with Crippen LogP contribution in [0.5, 0.6) is 0 Å². The van der Waals surface area contributed by atoms with Gasteiger partial charge < -0.3 is 0 Å². The van der Waals surface area contributed by atoms with Gasteiger partial charge in [-0.2, -0.15) is 4.57 Å².